The molecule has 0 spiro atoms. The maximum Gasteiger partial charge on any atom is 0.216 e. The van der Waals surface area contributed by atoms with Crippen molar-refractivity contribution < 1.29 is 8.42 Å². The van der Waals surface area contributed by atoms with Gasteiger partial charge in [0.25, 0.3) is 0 Å². The summed E-state index contributed by atoms with van der Waals surface area (Å²) in [5, 5.41) is -0.535. The second-order valence-corrected chi connectivity index (χ2v) is 5.21. The van der Waals surface area contributed by atoms with Gasteiger partial charge in [0.1, 0.15) is 5.82 Å². The smallest absolute Gasteiger partial charge is 0.216 e. The Balaban J connectivity index is 2.57. The van der Waals surface area contributed by atoms with Gasteiger partial charge in [0.05, 0.1) is 11.8 Å². The Morgan fingerprint density at radius 1 is 1.67 bits per heavy atom. The number of nitrogens with one attached hydrogen (secondary N) is 2. The number of rotatable bonds is 6. The Morgan fingerprint density at radius 2 is 2.40 bits per heavy atom. The predicted molar refractivity (Wildman–Crippen MR) is 57.5 cm³/mol. The zero-order valence-corrected chi connectivity index (χ0v) is 9.42. The van der Waals surface area contributed by atoms with Crippen LogP contribution in [0, 0.1) is 0 Å². The van der Waals surface area contributed by atoms with Crippen LogP contribution in [-0.4, -0.2) is 30.2 Å². The molecule has 0 aromatic carbocycles. The highest BCUT2D eigenvalue weighted by atomic mass is 32.2. The molecule has 0 amide bonds. The number of H-pyrrole nitrogens is 1. The molecule has 15 heavy (non-hydrogen) atoms. The van der Waals surface area contributed by atoms with Gasteiger partial charge in [-0.3, -0.25) is 0 Å². The summed E-state index contributed by atoms with van der Waals surface area (Å²) >= 11 is 0. The molecule has 0 saturated carbocycles. The fraction of sp³-hybridized carbons (Fsp3) is 0.625. The number of imidazole rings is 1. The van der Waals surface area contributed by atoms with Crippen LogP contribution in [0.1, 0.15) is 19.2 Å². The molecular formula is C8H16N4O2S. The summed E-state index contributed by atoms with van der Waals surface area (Å²) in [7, 11) is -3.33. The molecule has 0 saturated heterocycles. The summed E-state index contributed by atoms with van der Waals surface area (Å²) in [5.74, 6) is 0.588. The van der Waals surface area contributed by atoms with Crippen molar-refractivity contribution in [2.24, 2.45) is 5.73 Å². The van der Waals surface area contributed by atoms with Crippen molar-refractivity contribution in [2.75, 3.05) is 6.54 Å². The van der Waals surface area contributed by atoms with Gasteiger partial charge in [-0.2, -0.15) is 0 Å². The highest BCUT2D eigenvalue weighted by Gasteiger charge is 2.21. The van der Waals surface area contributed by atoms with Crippen molar-refractivity contribution in [1.82, 2.24) is 14.7 Å². The minimum atomic E-state index is -3.33. The first-order valence-electron chi connectivity index (χ1n) is 4.77. The van der Waals surface area contributed by atoms with Gasteiger partial charge in [-0.15, -0.1) is 0 Å². The molecule has 1 rings (SSSR count). The molecule has 0 bridgehead atoms. The van der Waals surface area contributed by atoms with Crippen LogP contribution < -0.4 is 10.5 Å². The van der Waals surface area contributed by atoms with Gasteiger partial charge in [0.15, 0.2) is 0 Å². The lowest BCUT2D eigenvalue weighted by molar-refractivity contribution is 0.559. The average molecular weight is 232 g/mol. The highest BCUT2D eigenvalue weighted by Crippen LogP contribution is 2.02. The van der Waals surface area contributed by atoms with Crippen LogP contribution in [0.5, 0.6) is 0 Å². The van der Waals surface area contributed by atoms with E-state index in [0.717, 1.165) is 0 Å². The van der Waals surface area contributed by atoms with Gasteiger partial charge >= 0.3 is 0 Å². The molecule has 0 fully saturated rings. The van der Waals surface area contributed by atoms with Crippen LogP contribution in [0.2, 0.25) is 0 Å². The summed E-state index contributed by atoms with van der Waals surface area (Å²) in [5.41, 5.74) is 5.38. The van der Waals surface area contributed by atoms with E-state index in [2.05, 4.69) is 14.7 Å². The maximum absolute atomic E-state index is 11.7. The standard InChI is InChI=1S/C8H16N4O2S/c1-2-7(5-9)15(13,14)12-6-8-10-3-4-11-8/h3-4,7,12H,2,5-6,9H2,1H3,(H,10,11). The Morgan fingerprint density at radius 3 is 2.87 bits per heavy atom. The van der Waals surface area contributed by atoms with Crippen molar-refractivity contribution in [1.29, 1.82) is 0 Å². The second-order valence-electron chi connectivity index (χ2n) is 3.17. The zero-order valence-electron chi connectivity index (χ0n) is 8.60. The van der Waals surface area contributed by atoms with Crippen LogP contribution >= 0.6 is 0 Å². The number of sulfonamides is 1. The maximum atomic E-state index is 11.7. The summed E-state index contributed by atoms with van der Waals surface area (Å²) in [6.07, 6.45) is 3.72. The molecular weight excluding hydrogens is 216 g/mol. The molecule has 4 N–H and O–H groups in total. The summed E-state index contributed by atoms with van der Waals surface area (Å²) < 4.78 is 25.8. The molecule has 6 nitrogen and oxygen atoms in total. The van der Waals surface area contributed by atoms with E-state index < -0.39 is 15.3 Å². The van der Waals surface area contributed by atoms with Crippen molar-refractivity contribution in [2.45, 2.75) is 25.1 Å². The number of hydrogen-bond donors (Lipinski definition) is 3. The van der Waals surface area contributed by atoms with E-state index >= 15 is 0 Å². The van der Waals surface area contributed by atoms with Gasteiger partial charge in [-0.25, -0.2) is 18.1 Å². The molecule has 7 heteroatoms. The third-order valence-electron chi connectivity index (χ3n) is 2.15. The van der Waals surface area contributed by atoms with Gasteiger partial charge in [0, 0.05) is 18.9 Å². The van der Waals surface area contributed by atoms with E-state index in [4.69, 9.17) is 5.73 Å². The van der Waals surface area contributed by atoms with Crippen LogP contribution in [0.25, 0.3) is 0 Å². The molecule has 1 atom stereocenters. The van der Waals surface area contributed by atoms with E-state index in [1.807, 2.05) is 0 Å². The van der Waals surface area contributed by atoms with Gasteiger partial charge < -0.3 is 10.7 Å². The molecule has 1 heterocycles. The van der Waals surface area contributed by atoms with Crippen molar-refractivity contribution in [3.63, 3.8) is 0 Å². The molecule has 0 aliphatic heterocycles. The number of nitrogens with two attached hydrogens (primary N) is 1. The normalized spacial score (nSPS) is 14.0. The van der Waals surface area contributed by atoms with Gasteiger partial charge in [-0.1, -0.05) is 6.92 Å². The monoisotopic (exact) mass is 232 g/mol. The third kappa shape index (κ3) is 3.29. The van der Waals surface area contributed by atoms with E-state index in [-0.39, 0.29) is 13.1 Å². The fourth-order valence-electron chi connectivity index (χ4n) is 1.19. The Labute approximate surface area is 89.3 Å². The lowest BCUT2D eigenvalue weighted by Crippen LogP contribution is -2.38. The highest BCUT2D eigenvalue weighted by molar-refractivity contribution is 7.90. The Bertz CT molecular complexity index is 369. The van der Waals surface area contributed by atoms with E-state index in [1.165, 1.54) is 0 Å². The number of hydrogen-bond acceptors (Lipinski definition) is 4. The van der Waals surface area contributed by atoms with Gasteiger partial charge in [-0.05, 0) is 6.42 Å². The van der Waals surface area contributed by atoms with Gasteiger partial charge in [0.2, 0.25) is 10.0 Å². The lowest BCUT2D eigenvalue weighted by Gasteiger charge is -2.13. The van der Waals surface area contributed by atoms with E-state index in [0.29, 0.717) is 12.2 Å². The second kappa shape index (κ2) is 5.24. The predicted octanol–water partition coefficient (Wildman–Crippen LogP) is -0.434. The minimum Gasteiger partial charge on any atom is -0.347 e. The molecule has 0 aliphatic carbocycles. The van der Waals surface area contributed by atoms with E-state index in [1.54, 1.807) is 19.3 Å². The van der Waals surface area contributed by atoms with Crippen LogP contribution in [0.15, 0.2) is 12.4 Å². The van der Waals surface area contributed by atoms with Crippen molar-refractivity contribution in [3.05, 3.63) is 18.2 Å². The zero-order chi connectivity index (χ0) is 11.3. The first-order valence-corrected chi connectivity index (χ1v) is 6.31. The van der Waals surface area contributed by atoms with Crippen LogP contribution in [-0.2, 0) is 16.6 Å². The van der Waals surface area contributed by atoms with Crippen LogP contribution in [0.4, 0.5) is 0 Å². The third-order valence-corrected chi connectivity index (χ3v) is 4.10. The Hall–Kier alpha value is -0.920. The minimum absolute atomic E-state index is 0.129. The largest absolute Gasteiger partial charge is 0.347 e. The molecule has 1 aromatic rings. The van der Waals surface area contributed by atoms with Crippen LogP contribution in [0.3, 0.4) is 0 Å². The quantitative estimate of drug-likeness (QED) is 0.619. The lowest BCUT2D eigenvalue weighted by atomic mass is 10.3. The molecule has 86 valence electrons. The van der Waals surface area contributed by atoms with Crippen molar-refractivity contribution >= 4 is 10.0 Å². The topological polar surface area (TPSA) is 101 Å². The Kier molecular flexibility index (Phi) is 4.25. The summed E-state index contributed by atoms with van der Waals surface area (Å²) in [6.45, 7) is 2.10. The molecule has 1 unspecified atom stereocenters. The number of aromatic amines is 1. The van der Waals surface area contributed by atoms with E-state index in [9.17, 15) is 8.42 Å². The van der Waals surface area contributed by atoms with Crippen molar-refractivity contribution in [3.8, 4) is 0 Å². The SMILES string of the molecule is CCC(CN)S(=O)(=O)NCc1ncc[nH]1. The molecule has 0 radical (unpaired) electrons. The summed E-state index contributed by atoms with van der Waals surface area (Å²) in [4.78, 5) is 6.73. The first-order chi connectivity index (χ1) is 7.10. The number of aromatic nitrogens is 2. The molecule has 0 aliphatic rings. The molecule has 1 aromatic heterocycles. The fourth-order valence-corrected chi connectivity index (χ4v) is 2.46. The number of nitrogens with zero attached hydrogens (tertiary/aromatic N) is 1. The summed E-state index contributed by atoms with van der Waals surface area (Å²) in [6, 6.07) is 0. The first kappa shape index (κ1) is 12.2. The average Bonchev–Trinajstić information content (AvgIpc) is 2.69.